The van der Waals surface area contributed by atoms with E-state index in [0.29, 0.717) is 58.8 Å². The van der Waals surface area contributed by atoms with Crippen molar-refractivity contribution in [3.8, 4) is 40.6 Å². The number of benzene rings is 4. The molecule has 0 aromatic heterocycles. The summed E-state index contributed by atoms with van der Waals surface area (Å²) < 4.78 is 35.4. The molecule has 0 amide bonds. The zero-order valence-corrected chi connectivity index (χ0v) is 27.2. The molecule has 0 saturated heterocycles. The molecule has 0 radical (unpaired) electrons. The molecule has 240 valence electrons. The van der Waals surface area contributed by atoms with Gasteiger partial charge in [0.15, 0.2) is 23.0 Å². The van der Waals surface area contributed by atoms with E-state index in [0.717, 1.165) is 22.3 Å². The number of carbonyl (C=O) groups is 1. The highest BCUT2D eigenvalue weighted by atomic mass is 16.7. The van der Waals surface area contributed by atoms with Crippen molar-refractivity contribution in [2.45, 2.75) is 44.4 Å². The van der Waals surface area contributed by atoms with E-state index in [1.807, 2.05) is 48.5 Å². The zero-order chi connectivity index (χ0) is 32.7. The van der Waals surface area contributed by atoms with Crippen LogP contribution in [0.25, 0.3) is 0 Å². The summed E-state index contributed by atoms with van der Waals surface area (Å²) in [4.78, 5) is 16.0. The van der Waals surface area contributed by atoms with E-state index in [2.05, 4.69) is 54.9 Å². The van der Waals surface area contributed by atoms with E-state index in [1.165, 1.54) is 12.7 Å². The minimum Gasteiger partial charge on any atom is -0.493 e. The maximum atomic E-state index is 13.7. The van der Waals surface area contributed by atoms with E-state index < -0.39 is 18.1 Å². The van der Waals surface area contributed by atoms with Gasteiger partial charge in [0.2, 0.25) is 12.5 Å². The first-order valence-electron chi connectivity index (χ1n) is 15.8. The summed E-state index contributed by atoms with van der Waals surface area (Å²) in [7, 11) is 4.71. The topological polar surface area (TPSA) is 75.7 Å². The molecule has 0 bridgehead atoms. The fourth-order valence-electron chi connectivity index (χ4n) is 6.94. The van der Waals surface area contributed by atoms with Gasteiger partial charge in [0, 0.05) is 23.2 Å². The van der Waals surface area contributed by atoms with Gasteiger partial charge in [0.05, 0.1) is 33.4 Å². The minimum atomic E-state index is -0.707. The molecule has 0 spiro atoms. The molecule has 3 aliphatic heterocycles. The van der Waals surface area contributed by atoms with Crippen LogP contribution >= 0.6 is 0 Å². The van der Waals surface area contributed by atoms with Crippen molar-refractivity contribution in [2.75, 3.05) is 34.7 Å². The van der Waals surface area contributed by atoms with Crippen LogP contribution in [0, 0.1) is 11.8 Å². The van der Waals surface area contributed by atoms with Crippen LogP contribution in [0.15, 0.2) is 72.8 Å². The van der Waals surface area contributed by atoms with Gasteiger partial charge in [-0.3, -0.25) is 4.90 Å². The van der Waals surface area contributed by atoms with Gasteiger partial charge >= 0.3 is 5.97 Å². The zero-order valence-electron chi connectivity index (χ0n) is 27.2. The van der Waals surface area contributed by atoms with Gasteiger partial charge in [-0.25, -0.2) is 4.79 Å². The molecule has 7 rings (SSSR count). The normalized spacial score (nSPS) is 18.5. The molecule has 0 fully saturated rings. The van der Waals surface area contributed by atoms with Crippen molar-refractivity contribution in [1.29, 1.82) is 0 Å². The van der Waals surface area contributed by atoms with Gasteiger partial charge in [0.25, 0.3) is 0 Å². The van der Waals surface area contributed by atoms with Crippen LogP contribution < -0.4 is 23.7 Å². The summed E-state index contributed by atoms with van der Waals surface area (Å²) in [6.45, 7) is 5.11. The molecule has 0 aliphatic carbocycles. The summed E-state index contributed by atoms with van der Waals surface area (Å²) in [6, 6.07) is 23.5. The second-order valence-corrected chi connectivity index (χ2v) is 12.1. The Morgan fingerprint density at radius 2 is 1.62 bits per heavy atom. The molecule has 0 saturated carbocycles. The Bertz CT molecular complexity index is 1870. The number of carbonyl (C=O) groups excluding carboxylic acids is 1. The number of hydrogen-bond donors (Lipinski definition) is 0. The first-order chi connectivity index (χ1) is 22.9. The van der Waals surface area contributed by atoms with Crippen molar-refractivity contribution in [1.82, 2.24) is 4.90 Å². The highest BCUT2D eigenvalue weighted by Gasteiger charge is 2.48. The lowest BCUT2D eigenvalue weighted by Crippen LogP contribution is -2.41. The maximum absolute atomic E-state index is 13.7. The highest BCUT2D eigenvalue weighted by molar-refractivity contribution is 5.98. The summed E-state index contributed by atoms with van der Waals surface area (Å²) in [6.07, 6.45) is -0.00658. The van der Waals surface area contributed by atoms with Gasteiger partial charge in [-0.05, 0) is 53.3 Å². The first kappa shape index (κ1) is 30.5. The third kappa shape index (κ3) is 5.31. The lowest BCUT2D eigenvalue weighted by molar-refractivity contribution is -0.00369. The monoisotopic (exact) mass is 631 g/mol. The quantitative estimate of drug-likeness (QED) is 0.157. The molecule has 0 N–H and O–H groups in total. The molecule has 4 aromatic rings. The number of rotatable bonds is 7. The Labute approximate surface area is 275 Å². The van der Waals surface area contributed by atoms with Crippen LogP contribution in [0.4, 0.5) is 0 Å². The van der Waals surface area contributed by atoms with Crippen LogP contribution in [0.3, 0.4) is 0 Å². The SMILES string of the molecule is COc1ccc2c(c1OC)C(=O)O[C@H]2[C@@H]1c2c(cc3c(c2OC)OCO3)CCN1C(C#Cc1ccccc1)c1ccc(C(C)C)cc1. The van der Waals surface area contributed by atoms with Crippen LogP contribution in [-0.4, -0.2) is 45.5 Å². The van der Waals surface area contributed by atoms with Crippen molar-refractivity contribution < 1.29 is 33.2 Å². The number of methoxy groups -OCH3 is 3. The van der Waals surface area contributed by atoms with Crippen LogP contribution in [0.1, 0.15) is 81.7 Å². The highest BCUT2D eigenvalue weighted by Crippen LogP contribution is 2.57. The Balaban J connectivity index is 1.45. The molecule has 8 heteroatoms. The molecule has 8 nitrogen and oxygen atoms in total. The van der Waals surface area contributed by atoms with Crippen molar-refractivity contribution in [3.63, 3.8) is 0 Å². The third-order valence-electron chi connectivity index (χ3n) is 9.23. The predicted octanol–water partition coefficient (Wildman–Crippen LogP) is 7.17. The van der Waals surface area contributed by atoms with Crippen LogP contribution in [-0.2, 0) is 11.2 Å². The van der Waals surface area contributed by atoms with Gasteiger partial charge in [0.1, 0.15) is 11.7 Å². The fraction of sp³-hybridized carbons (Fsp3) is 0.308. The number of cyclic esters (lactones) is 1. The summed E-state index contributed by atoms with van der Waals surface area (Å²) in [5.41, 5.74) is 6.20. The smallest absolute Gasteiger partial charge is 0.343 e. The van der Waals surface area contributed by atoms with Crippen LogP contribution in [0.5, 0.6) is 28.7 Å². The first-order valence-corrected chi connectivity index (χ1v) is 15.8. The van der Waals surface area contributed by atoms with E-state index in [1.54, 1.807) is 14.2 Å². The van der Waals surface area contributed by atoms with Gasteiger partial charge in [-0.1, -0.05) is 74.2 Å². The van der Waals surface area contributed by atoms with E-state index in [9.17, 15) is 4.79 Å². The molecule has 3 heterocycles. The Morgan fingerprint density at radius 1 is 0.872 bits per heavy atom. The fourth-order valence-corrected chi connectivity index (χ4v) is 6.94. The van der Waals surface area contributed by atoms with E-state index in [4.69, 9.17) is 28.4 Å². The summed E-state index contributed by atoms with van der Waals surface area (Å²) in [5.74, 6) is 9.54. The van der Waals surface area contributed by atoms with Crippen molar-refractivity contribution >= 4 is 5.97 Å². The average molecular weight is 632 g/mol. The number of esters is 1. The van der Waals surface area contributed by atoms with Crippen molar-refractivity contribution in [3.05, 3.63) is 112 Å². The number of hydrogen-bond acceptors (Lipinski definition) is 8. The molecular formula is C39H37NO7. The minimum absolute atomic E-state index is 0.106. The lowest BCUT2D eigenvalue weighted by Gasteiger charge is -2.43. The average Bonchev–Trinajstić information content (AvgIpc) is 3.71. The number of ether oxygens (including phenoxy) is 6. The van der Waals surface area contributed by atoms with Gasteiger partial charge in [-0.15, -0.1) is 0 Å². The predicted molar refractivity (Wildman–Crippen MR) is 177 cm³/mol. The van der Waals surface area contributed by atoms with Crippen LogP contribution in [0.2, 0.25) is 0 Å². The molecule has 3 atom stereocenters. The number of fused-ring (bicyclic) bond motifs is 3. The largest absolute Gasteiger partial charge is 0.493 e. The van der Waals surface area contributed by atoms with Gasteiger partial charge in [-0.2, -0.15) is 0 Å². The second-order valence-electron chi connectivity index (χ2n) is 12.1. The standard InChI is InChI=1S/C39H37NO7/c1-23(2)25-12-14-26(15-13-25)29(17-11-24-9-7-6-8-10-24)40-20-19-27-21-31-37(46-22-45-31)38(44-5)32(27)34(40)35-28-16-18-30(42-3)36(43-4)33(28)39(41)47-35/h6-10,12-16,18,21,23,29,34-35H,19-20,22H2,1-5H3/t29?,34-,35+/m0/s1. The van der Waals surface area contributed by atoms with Gasteiger partial charge < -0.3 is 28.4 Å². The van der Waals surface area contributed by atoms with E-state index >= 15 is 0 Å². The molecular weight excluding hydrogens is 594 g/mol. The Hall–Kier alpha value is -5.13. The molecule has 47 heavy (non-hydrogen) atoms. The Morgan fingerprint density at radius 3 is 2.32 bits per heavy atom. The number of nitrogens with zero attached hydrogens (tertiary/aromatic N) is 1. The summed E-state index contributed by atoms with van der Waals surface area (Å²) in [5, 5.41) is 0. The second kappa shape index (κ2) is 12.6. The molecule has 4 aromatic carbocycles. The summed E-state index contributed by atoms with van der Waals surface area (Å²) >= 11 is 0. The lowest BCUT2D eigenvalue weighted by atomic mass is 9.83. The Kier molecular flexibility index (Phi) is 8.17. The molecule has 3 aliphatic rings. The third-order valence-corrected chi connectivity index (χ3v) is 9.23. The molecule has 1 unspecified atom stereocenters. The van der Waals surface area contributed by atoms with Crippen molar-refractivity contribution in [2.24, 2.45) is 0 Å². The van der Waals surface area contributed by atoms with E-state index in [-0.39, 0.29) is 12.8 Å². The maximum Gasteiger partial charge on any atom is 0.343 e.